The first kappa shape index (κ1) is 8.56. The third-order valence-electron chi connectivity index (χ3n) is 1.18. The Morgan fingerprint density at radius 3 is 2.56 bits per heavy atom. The predicted octanol–water partition coefficient (Wildman–Crippen LogP) is 1.09. The van der Waals surface area contributed by atoms with Crippen LogP contribution in [0.3, 0.4) is 0 Å². The zero-order chi connectivity index (χ0) is 7.11. The Labute approximate surface area is 56.0 Å². The van der Waals surface area contributed by atoms with E-state index in [4.69, 9.17) is 0 Å². The van der Waals surface area contributed by atoms with Gasteiger partial charge in [-0.1, -0.05) is 12.1 Å². The molecule has 0 aromatic rings. The maximum Gasteiger partial charge on any atom is 0.0937 e. The van der Waals surface area contributed by atoms with Crippen LogP contribution in [0.5, 0.6) is 0 Å². The molecule has 0 atom stereocenters. The van der Waals surface area contributed by atoms with E-state index in [9.17, 15) is 4.91 Å². The molecule has 0 bridgehead atoms. The van der Waals surface area contributed by atoms with Gasteiger partial charge in [-0.2, -0.15) is 4.91 Å². The summed E-state index contributed by atoms with van der Waals surface area (Å²) >= 11 is 0. The van der Waals surface area contributed by atoms with Crippen LogP contribution in [0.15, 0.2) is 5.18 Å². The van der Waals surface area contributed by atoms with Crippen molar-refractivity contribution in [3.63, 3.8) is 0 Å². The summed E-state index contributed by atoms with van der Waals surface area (Å²) in [7, 11) is 1.99. The standard InChI is InChI=1S/C6H14N2O/c1-3-5-8(2)6-4-7-9/h3-6H2,1-2H3. The lowest BCUT2D eigenvalue weighted by Crippen LogP contribution is -2.21. The van der Waals surface area contributed by atoms with Gasteiger partial charge < -0.3 is 4.90 Å². The zero-order valence-electron chi connectivity index (χ0n) is 6.13. The van der Waals surface area contributed by atoms with Crippen LogP contribution in [-0.4, -0.2) is 31.6 Å². The highest BCUT2D eigenvalue weighted by Gasteiger charge is 1.93. The summed E-state index contributed by atoms with van der Waals surface area (Å²) in [5.74, 6) is 0. The summed E-state index contributed by atoms with van der Waals surface area (Å²) in [6.07, 6.45) is 1.13. The zero-order valence-corrected chi connectivity index (χ0v) is 6.13. The van der Waals surface area contributed by atoms with Crippen LogP contribution in [0.2, 0.25) is 0 Å². The van der Waals surface area contributed by atoms with Crippen molar-refractivity contribution in [3.8, 4) is 0 Å². The lowest BCUT2D eigenvalue weighted by Gasteiger charge is -2.11. The molecule has 0 radical (unpaired) electrons. The fraction of sp³-hybridized carbons (Fsp3) is 1.00. The summed E-state index contributed by atoms with van der Waals surface area (Å²) in [6, 6.07) is 0. The van der Waals surface area contributed by atoms with E-state index in [1.165, 1.54) is 0 Å². The van der Waals surface area contributed by atoms with Crippen LogP contribution in [-0.2, 0) is 0 Å². The fourth-order valence-electron chi connectivity index (χ4n) is 0.705. The molecule has 0 aliphatic heterocycles. The van der Waals surface area contributed by atoms with Crippen molar-refractivity contribution in [3.05, 3.63) is 4.91 Å². The molecule has 0 aromatic carbocycles. The maximum atomic E-state index is 9.64. The highest BCUT2D eigenvalue weighted by molar-refractivity contribution is 4.50. The molecule has 0 aliphatic rings. The number of hydrogen-bond donors (Lipinski definition) is 0. The van der Waals surface area contributed by atoms with E-state index in [-0.39, 0.29) is 0 Å². The van der Waals surface area contributed by atoms with Crippen molar-refractivity contribution >= 4 is 0 Å². The van der Waals surface area contributed by atoms with Crippen molar-refractivity contribution in [2.75, 3.05) is 26.7 Å². The van der Waals surface area contributed by atoms with E-state index < -0.39 is 0 Å². The second-order valence-electron chi connectivity index (χ2n) is 2.16. The summed E-state index contributed by atoms with van der Waals surface area (Å²) in [6.45, 7) is 4.37. The number of rotatable bonds is 5. The number of nitrogens with zero attached hydrogens (tertiary/aromatic N) is 2. The second-order valence-corrected chi connectivity index (χ2v) is 2.16. The van der Waals surface area contributed by atoms with E-state index in [1.807, 2.05) is 7.05 Å². The molecule has 3 heteroatoms. The molecule has 0 amide bonds. The smallest absolute Gasteiger partial charge is 0.0937 e. The monoisotopic (exact) mass is 130 g/mol. The summed E-state index contributed by atoms with van der Waals surface area (Å²) in [5.41, 5.74) is 0. The quantitative estimate of drug-likeness (QED) is 0.522. The van der Waals surface area contributed by atoms with Gasteiger partial charge in [0.25, 0.3) is 0 Å². The van der Waals surface area contributed by atoms with Crippen molar-refractivity contribution in [1.82, 2.24) is 4.90 Å². The van der Waals surface area contributed by atoms with E-state index in [0.29, 0.717) is 6.54 Å². The Hall–Kier alpha value is -0.440. The molecule has 9 heavy (non-hydrogen) atoms. The minimum atomic E-state index is 0.413. The largest absolute Gasteiger partial charge is 0.304 e. The first-order valence-corrected chi connectivity index (χ1v) is 3.29. The van der Waals surface area contributed by atoms with Crippen molar-refractivity contribution in [1.29, 1.82) is 0 Å². The molecule has 0 rings (SSSR count). The van der Waals surface area contributed by atoms with Gasteiger partial charge in [-0.3, -0.25) is 0 Å². The number of likely N-dealkylation sites (N-methyl/N-ethyl adjacent to an activating group) is 1. The van der Waals surface area contributed by atoms with Crippen LogP contribution >= 0.6 is 0 Å². The molecule has 0 fully saturated rings. The first-order chi connectivity index (χ1) is 4.31. The number of hydrogen-bond acceptors (Lipinski definition) is 3. The van der Waals surface area contributed by atoms with Gasteiger partial charge in [-0.25, -0.2) is 0 Å². The maximum absolute atomic E-state index is 9.64. The molecule has 0 saturated carbocycles. The highest BCUT2D eigenvalue weighted by atomic mass is 16.3. The van der Waals surface area contributed by atoms with Crippen molar-refractivity contribution in [2.24, 2.45) is 5.18 Å². The average molecular weight is 130 g/mol. The Bertz CT molecular complexity index is 75.5. The lowest BCUT2D eigenvalue weighted by molar-refractivity contribution is 0.344. The predicted molar refractivity (Wildman–Crippen MR) is 38.5 cm³/mol. The van der Waals surface area contributed by atoms with Crippen LogP contribution in [0.25, 0.3) is 0 Å². The molecule has 0 N–H and O–H groups in total. The molecule has 0 aromatic heterocycles. The summed E-state index contributed by atoms with van der Waals surface area (Å²) in [4.78, 5) is 11.7. The average Bonchev–Trinajstić information content (AvgIpc) is 1.85. The minimum Gasteiger partial charge on any atom is -0.304 e. The van der Waals surface area contributed by atoms with E-state index in [0.717, 1.165) is 19.5 Å². The normalized spacial score (nSPS) is 10.1. The third kappa shape index (κ3) is 5.43. The summed E-state index contributed by atoms with van der Waals surface area (Å²) < 4.78 is 0. The Morgan fingerprint density at radius 1 is 1.44 bits per heavy atom. The van der Waals surface area contributed by atoms with Gasteiger partial charge in [-0.05, 0) is 20.0 Å². The third-order valence-corrected chi connectivity index (χ3v) is 1.18. The van der Waals surface area contributed by atoms with E-state index in [2.05, 4.69) is 17.0 Å². The van der Waals surface area contributed by atoms with Crippen molar-refractivity contribution in [2.45, 2.75) is 13.3 Å². The molecule has 0 spiro atoms. The molecule has 0 unspecified atom stereocenters. The minimum absolute atomic E-state index is 0.413. The lowest BCUT2D eigenvalue weighted by atomic mass is 10.4. The van der Waals surface area contributed by atoms with Gasteiger partial charge in [0, 0.05) is 6.54 Å². The molecule has 0 heterocycles. The van der Waals surface area contributed by atoms with Gasteiger partial charge in [-0.15, -0.1) is 0 Å². The summed E-state index contributed by atoms with van der Waals surface area (Å²) in [5, 5.41) is 2.77. The van der Waals surface area contributed by atoms with Gasteiger partial charge in [0.2, 0.25) is 0 Å². The number of nitroso groups, excluding NO2 is 1. The van der Waals surface area contributed by atoms with Crippen LogP contribution < -0.4 is 0 Å². The van der Waals surface area contributed by atoms with Gasteiger partial charge in [0.15, 0.2) is 0 Å². The highest BCUT2D eigenvalue weighted by Crippen LogP contribution is 1.84. The first-order valence-electron chi connectivity index (χ1n) is 3.29. The topological polar surface area (TPSA) is 32.7 Å². The molecule has 3 nitrogen and oxygen atoms in total. The molecular weight excluding hydrogens is 116 g/mol. The Morgan fingerprint density at radius 2 is 2.11 bits per heavy atom. The van der Waals surface area contributed by atoms with E-state index >= 15 is 0 Å². The SMILES string of the molecule is CCCN(C)CCN=O. The van der Waals surface area contributed by atoms with Crippen LogP contribution in [0.1, 0.15) is 13.3 Å². The Balaban J connectivity index is 3.04. The molecule has 0 saturated heterocycles. The Kier molecular flexibility index (Phi) is 5.41. The molecule has 0 aliphatic carbocycles. The second kappa shape index (κ2) is 5.69. The molecule has 54 valence electrons. The van der Waals surface area contributed by atoms with Crippen LogP contribution in [0.4, 0.5) is 0 Å². The van der Waals surface area contributed by atoms with Gasteiger partial charge >= 0.3 is 0 Å². The van der Waals surface area contributed by atoms with Gasteiger partial charge in [0.1, 0.15) is 0 Å². The van der Waals surface area contributed by atoms with E-state index in [1.54, 1.807) is 0 Å². The molecular formula is C6H14N2O. The van der Waals surface area contributed by atoms with Gasteiger partial charge in [0.05, 0.1) is 6.54 Å². The van der Waals surface area contributed by atoms with Crippen molar-refractivity contribution < 1.29 is 0 Å². The fourth-order valence-corrected chi connectivity index (χ4v) is 0.705. The van der Waals surface area contributed by atoms with Crippen LogP contribution in [0, 0.1) is 4.91 Å².